The average molecular weight is 415 g/mol. The molecule has 0 spiro atoms. The molecule has 2 aromatic carbocycles. The summed E-state index contributed by atoms with van der Waals surface area (Å²) < 4.78 is 0. The summed E-state index contributed by atoms with van der Waals surface area (Å²) in [5.74, 6) is 2.19. The number of hydrogen-bond acceptors (Lipinski definition) is 7. The van der Waals surface area contributed by atoms with Gasteiger partial charge in [0, 0.05) is 28.6 Å². The molecule has 0 aliphatic heterocycles. The van der Waals surface area contributed by atoms with Gasteiger partial charge in [-0.2, -0.15) is 26.7 Å². The second-order valence-corrected chi connectivity index (χ2v) is 7.33. The zero-order chi connectivity index (χ0) is 19.8. The van der Waals surface area contributed by atoms with Crippen LogP contribution in [-0.4, -0.2) is 26.6 Å². The van der Waals surface area contributed by atoms with Gasteiger partial charge in [-0.05, 0) is 30.3 Å². The second-order valence-electron chi connectivity index (χ2n) is 5.79. The molecule has 0 aliphatic carbocycles. The lowest BCUT2D eigenvalue weighted by molar-refractivity contribution is -0.115. The first-order chi connectivity index (χ1) is 13.6. The van der Waals surface area contributed by atoms with E-state index < -0.39 is 0 Å². The fraction of sp³-hybridized carbons (Fsp3) is 0.158. The van der Waals surface area contributed by atoms with E-state index in [9.17, 15) is 4.79 Å². The van der Waals surface area contributed by atoms with Crippen LogP contribution in [0.5, 0.6) is 0 Å². The van der Waals surface area contributed by atoms with Crippen molar-refractivity contribution >= 4 is 52.5 Å². The number of rotatable bonds is 8. The molecule has 3 rings (SSSR count). The van der Waals surface area contributed by atoms with Crippen LogP contribution in [0.2, 0.25) is 5.02 Å². The summed E-state index contributed by atoms with van der Waals surface area (Å²) in [6, 6.07) is 16.6. The van der Waals surface area contributed by atoms with Gasteiger partial charge >= 0.3 is 0 Å². The number of nitrogen functional groups attached to an aromatic ring is 1. The normalized spacial score (nSPS) is 10.5. The van der Waals surface area contributed by atoms with Crippen LogP contribution in [0.1, 0.15) is 12.2 Å². The monoisotopic (exact) mass is 414 g/mol. The molecule has 0 unspecified atom stereocenters. The van der Waals surface area contributed by atoms with Crippen LogP contribution < -0.4 is 16.4 Å². The number of carbonyl (C=O) groups excluding carboxylic acids is 1. The summed E-state index contributed by atoms with van der Waals surface area (Å²) in [5.41, 5.74) is 7.33. The van der Waals surface area contributed by atoms with Crippen LogP contribution in [0.15, 0.2) is 54.6 Å². The number of amides is 1. The van der Waals surface area contributed by atoms with Crippen LogP contribution in [0.4, 0.5) is 23.3 Å². The highest BCUT2D eigenvalue weighted by Gasteiger charge is 2.07. The molecule has 0 atom stereocenters. The van der Waals surface area contributed by atoms with Gasteiger partial charge in [-0.25, -0.2) is 0 Å². The molecule has 9 heteroatoms. The molecular formula is C19H19ClN6OS. The molecule has 0 saturated heterocycles. The number of carbonyl (C=O) groups is 1. The van der Waals surface area contributed by atoms with Gasteiger partial charge in [0.2, 0.25) is 17.8 Å². The smallest absolute Gasteiger partial charge is 0.232 e. The summed E-state index contributed by atoms with van der Waals surface area (Å²) in [7, 11) is 0. The highest BCUT2D eigenvalue weighted by molar-refractivity contribution is 7.98. The number of nitrogens with two attached hydrogens (primary N) is 1. The summed E-state index contributed by atoms with van der Waals surface area (Å²) in [6.07, 6.45) is 0.368. The van der Waals surface area contributed by atoms with Crippen LogP contribution in [0.3, 0.4) is 0 Å². The second kappa shape index (κ2) is 9.91. The topological polar surface area (TPSA) is 106 Å². The molecule has 7 nitrogen and oxygen atoms in total. The molecule has 1 heterocycles. The van der Waals surface area contributed by atoms with Crippen molar-refractivity contribution in [3.05, 3.63) is 65.4 Å². The number of thioether (sulfide) groups is 1. The van der Waals surface area contributed by atoms with Gasteiger partial charge in [-0.3, -0.25) is 4.79 Å². The molecular weight excluding hydrogens is 396 g/mol. The molecule has 28 heavy (non-hydrogen) atoms. The van der Waals surface area contributed by atoms with E-state index in [4.69, 9.17) is 17.3 Å². The third kappa shape index (κ3) is 6.40. The first-order valence-corrected chi connectivity index (χ1v) is 10.1. The van der Waals surface area contributed by atoms with Crippen LogP contribution >= 0.6 is 23.4 Å². The summed E-state index contributed by atoms with van der Waals surface area (Å²) in [5, 5.41) is 6.50. The molecule has 0 radical (unpaired) electrons. The molecule has 3 aromatic rings. The first kappa shape index (κ1) is 19.9. The SMILES string of the molecule is Nc1nc(CSCCC(=O)Nc2cccc(Cl)c2)nc(Nc2ccccc2)n1. The van der Waals surface area contributed by atoms with Crippen molar-refractivity contribution < 1.29 is 4.79 Å². The third-order valence-electron chi connectivity index (χ3n) is 3.54. The van der Waals surface area contributed by atoms with Gasteiger partial charge in [0.1, 0.15) is 5.82 Å². The average Bonchev–Trinajstić information content (AvgIpc) is 2.66. The fourth-order valence-electron chi connectivity index (χ4n) is 2.33. The zero-order valence-electron chi connectivity index (χ0n) is 14.9. The van der Waals surface area contributed by atoms with Crippen molar-refractivity contribution in [2.24, 2.45) is 0 Å². The highest BCUT2D eigenvalue weighted by Crippen LogP contribution is 2.17. The lowest BCUT2D eigenvalue weighted by Gasteiger charge is -2.08. The molecule has 1 aromatic heterocycles. The Kier molecular flexibility index (Phi) is 7.05. The van der Waals surface area contributed by atoms with E-state index in [2.05, 4.69) is 25.6 Å². The minimum Gasteiger partial charge on any atom is -0.368 e. The Balaban J connectivity index is 1.47. The molecule has 4 N–H and O–H groups in total. The van der Waals surface area contributed by atoms with E-state index in [1.807, 2.05) is 30.3 Å². The quantitative estimate of drug-likeness (QED) is 0.476. The van der Waals surface area contributed by atoms with Crippen molar-refractivity contribution in [2.45, 2.75) is 12.2 Å². The summed E-state index contributed by atoms with van der Waals surface area (Å²) >= 11 is 7.46. The Bertz CT molecular complexity index is 941. The first-order valence-electron chi connectivity index (χ1n) is 8.54. The summed E-state index contributed by atoms with van der Waals surface area (Å²) in [6.45, 7) is 0. The van der Waals surface area contributed by atoms with Crippen molar-refractivity contribution in [2.75, 3.05) is 22.1 Å². The standard InChI is InChI=1S/C19H19ClN6OS/c20-13-5-4-8-15(11-13)22-17(27)9-10-28-12-16-24-18(21)26-19(25-16)23-14-6-2-1-3-7-14/h1-8,11H,9-10,12H2,(H,22,27)(H3,21,23,24,25,26). The van der Waals surface area contributed by atoms with Gasteiger partial charge in [0.25, 0.3) is 0 Å². The van der Waals surface area contributed by atoms with E-state index in [1.165, 1.54) is 0 Å². The maximum Gasteiger partial charge on any atom is 0.232 e. The van der Waals surface area contributed by atoms with Gasteiger partial charge in [-0.15, -0.1) is 0 Å². The van der Waals surface area contributed by atoms with E-state index in [0.717, 1.165) is 5.69 Å². The number of para-hydroxylation sites is 1. The van der Waals surface area contributed by atoms with E-state index in [-0.39, 0.29) is 11.9 Å². The lowest BCUT2D eigenvalue weighted by Crippen LogP contribution is -2.12. The number of halogens is 1. The maximum absolute atomic E-state index is 12.0. The van der Waals surface area contributed by atoms with E-state index in [0.29, 0.717) is 40.4 Å². The number of nitrogens with zero attached hydrogens (tertiary/aromatic N) is 3. The van der Waals surface area contributed by atoms with Crippen molar-refractivity contribution in [3.8, 4) is 0 Å². The number of benzene rings is 2. The molecule has 0 bridgehead atoms. The van der Waals surface area contributed by atoms with Gasteiger partial charge < -0.3 is 16.4 Å². The predicted molar refractivity (Wildman–Crippen MR) is 115 cm³/mol. The molecule has 1 amide bonds. The maximum atomic E-state index is 12.0. The molecule has 0 aliphatic rings. The van der Waals surface area contributed by atoms with Crippen molar-refractivity contribution in [1.29, 1.82) is 0 Å². The third-order valence-corrected chi connectivity index (χ3v) is 4.73. The lowest BCUT2D eigenvalue weighted by atomic mass is 10.3. The Hall–Kier alpha value is -2.84. The summed E-state index contributed by atoms with van der Waals surface area (Å²) in [4.78, 5) is 24.6. The number of nitrogens with one attached hydrogen (secondary N) is 2. The van der Waals surface area contributed by atoms with Crippen molar-refractivity contribution in [3.63, 3.8) is 0 Å². The van der Waals surface area contributed by atoms with Gasteiger partial charge in [0.05, 0.1) is 5.75 Å². The van der Waals surface area contributed by atoms with Crippen LogP contribution in [0.25, 0.3) is 0 Å². The minimum absolute atomic E-state index is 0.0728. The van der Waals surface area contributed by atoms with E-state index in [1.54, 1.807) is 36.0 Å². The largest absolute Gasteiger partial charge is 0.368 e. The minimum atomic E-state index is -0.0728. The Labute approximate surface area is 172 Å². The van der Waals surface area contributed by atoms with Crippen LogP contribution in [-0.2, 0) is 10.5 Å². The Morgan fingerprint density at radius 3 is 2.61 bits per heavy atom. The molecule has 144 valence electrons. The van der Waals surface area contributed by atoms with Gasteiger partial charge in [0.15, 0.2) is 0 Å². The Morgan fingerprint density at radius 1 is 1.04 bits per heavy atom. The van der Waals surface area contributed by atoms with Crippen LogP contribution in [0, 0.1) is 0 Å². The molecule has 0 saturated carbocycles. The molecule has 0 fully saturated rings. The zero-order valence-corrected chi connectivity index (χ0v) is 16.5. The highest BCUT2D eigenvalue weighted by atomic mass is 35.5. The number of hydrogen-bond donors (Lipinski definition) is 3. The Morgan fingerprint density at radius 2 is 1.82 bits per heavy atom. The number of anilines is 4. The number of aromatic nitrogens is 3. The predicted octanol–water partition coefficient (Wildman–Crippen LogP) is 4.11. The van der Waals surface area contributed by atoms with E-state index >= 15 is 0 Å². The van der Waals surface area contributed by atoms with Gasteiger partial charge in [-0.1, -0.05) is 35.9 Å². The van der Waals surface area contributed by atoms with Crippen molar-refractivity contribution in [1.82, 2.24) is 15.0 Å². The fourth-order valence-corrected chi connectivity index (χ4v) is 3.30.